The van der Waals surface area contributed by atoms with Crippen molar-refractivity contribution in [3.63, 3.8) is 0 Å². The van der Waals surface area contributed by atoms with Gasteiger partial charge in [0.05, 0.1) is 6.10 Å². The van der Waals surface area contributed by atoms with E-state index in [1.807, 2.05) is 11.8 Å². The molecule has 6 heteroatoms. The maximum Gasteiger partial charge on any atom is 0.134 e. The van der Waals surface area contributed by atoms with Crippen LogP contribution in [0.1, 0.15) is 19.3 Å². The van der Waals surface area contributed by atoms with Crippen molar-refractivity contribution in [1.82, 2.24) is 9.97 Å². The highest BCUT2D eigenvalue weighted by Gasteiger charge is 2.43. The quantitative estimate of drug-likeness (QED) is 0.922. The Kier molecular flexibility index (Phi) is 3.90. The molecule has 4 rings (SSSR count). The van der Waals surface area contributed by atoms with Crippen LogP contribution >= 0.6 is 11.8 Å². The van der Waals surface area contributed by atoms with Gasteiger partial charge in [0, 0.05) is 49.2 Å². The third-order valence-corrected chi connectivity index (χ3v) is 5.76. The van der Waals surface area contributed by atoms with Gasteiger partial charge in [0.25, 0.3) is 0 Å². The number of rotatable bonds is 3. The third kappa shape index (κ3) is 2.83. The van der Waals surface area contributed by atoms with Crippen LogP contribution in [0.15, 0.2) is 12.4 Å². The van der Waals surface area contributed by atoms with Gasteiger partial charge in [0.2, 0.25) is 0 Å². The first-order valence-corrected chi connectivity index (χ1v) is 9.08. The highest BCUT2D eigenvalue weighted by atomic mass is 32.2. The van der Waals surface area contributed by atoms with E-state index < -0.39 is 0 Å². The Morgan fingerprint density at radius 2 is 2.19 bits per heavy atom. The summed E-state index contributed by atoms with van der Waals surface area (Å²) < 4.78 is 5.78. The van der Waals surface area contributed by atoms with Crippen molar-refractivity contribution in [3.05, 3.63) is 12.4 Å². The Morgan fingerprint density at radius 3 is 3.05 bits per heavy atom. The Hall–Kier alpha value is -1.01. The fourth-order valence-corrected chi connectivity index (χ4v) is 4.45. The minimum Gasteiger partial charge on any atom is -0.378 e. The molecule has 0 radical (unpaired) electrons. The lowest BCUT2D eigenvalue weighted by atomic mass is 9.72. The molecule has 1 aromatic rings. The molecule has 3 aliphatic rings. The largest absolute Gasteiger partial charge is 0.378 e. The first-order chi connectivity index (χ1) is 10.4. The molecule has 5 nitrogen and oxygen atoms in total. The van der Waals surface area contributed by atoms with Gasteiger partial charge >= 0.3 is 0 Å². The lowest BCUT2D eigenvalue weighted by Crippen LogP contribution is -2.53. The molecule has 0 amide bonds. The van der Waals surface area contributed by atoms with Gasteiger partial charge in [-0.05, 0) is 19.3 Å². The summed E-state index contributed by atoms with van der Waals surface area (Å²) in [6.45, 7) is 3.12. The highest BCUT2D eigenvalue weighted by molar-refractivity contribution is 7.99. The zero-order valence-electron chi connectivity index (χ0n) is 12.2. The Morgan fingerprint density at radius 1 is 1.29 bits per heavy atom. The molecule has 0 unspecified atom stereocenters. The number of fused-ring (bicyclic) bond motifs is 1. The number of thioether (sulfide) groups is 1. The molecule has 3 heterocycles. The van der Waals surface area contributed by atoms with Gasteiger partial charge in [0.15, 0.2) is 0 Å². The average molecular weight is 306 g/mol. The lowest BCUT2D eigenvalue weighted by molar-refractivity contribution is -0.0898. The average Bonchev–Trinajstić information content (AvgIpc) is 2.54. The van der Waals surface area contributed by atoms with Crippen molar-refractivity contribution in [1.29, 1.82) is 0 Å². The molecule has 2 aliphatic heterocycles. The maximum atomic E-state index is 5.78. The predicted molar refractivity (Wildman–Crippen MR) is 86.1 cm³/mol. The molecule has 1 N–H and O–H groups in total. The van der Waals surface area contributed by atoms with Crippen molar-refractivity contribution < 1.29 is 4.74 Å². The van der Waals surface area contributed by atoms with Gasteiger partial charge in [0.1, 0.15) is 18.0 Å². The lowest BCUT2D eigenvalue weighted by Gasteiger charge is -2.47. The maximum absolute atomic E-state index is 5.78. The summed E-state index contributed by atoms with van der Waals surface area (Å²) in [6.07, 6.45) is 5.76. The van der Waals surface area contributed by atoms with Crippen molar-refractivity contribution in [3.8, 4) is 0 Å². The summed E-state index contributed by atoms with van der Waals surface area (Å²) >= 11 is 2.02. The summed E-state index contributed by atoms with van der Waals surface area (Å²) in [5.74, 6) is 5.08. The number of hydrogen-bond acceptors (Lipinski definition) is 6. The van der Waals surface area contributed by atoms with Gasteiger partial charge in [-0.3, -0.25) is 0 Å². The second kappa shape index (κ2) is 6.01. The zero-order chi connectivity index (χ0) is 14.1. The molecule has 1 aliphatic carbocycles. The molecule has 3 atom stereocenters. The third-order valence-electron chi connectivity index (χ3n) is 4.82. The molecule has 0 aromatic carbocycles. The van der Waals surface area contributed by atoms with Crippen molar-refractivity contribution in [2.24, 2.45) is 5.92 Å². The van der Waals surface area contributed by atoms with E-state index in [1.165, 1.54) is 24.3 Å². The second-order valence-electron chi connectivity index (χ2n) is 6.06. The molecular weight excluding hydrogens is 284 g/mol. The van der Waals surface area contributed by atoms with Crippen LogP contribution in [-0.4, -0.2) is 53.3 Å². The summed E-state index contributed by atoms with van der Waals surface area (Å²) in [7, 11) is 0. The number of nitrogens with zero attached hydrogens (tertiary/aromatic N) is 3. The van der Waals surface area contributed by atoms with Crippen LogP contribution in [-0.2, 0) is 4.74 Å². The molecule has 3 fully saturated rings. The number of ether oxygens (including phenoxy) is 1. The first kappa shape index (κ1) is 13.6. The van der Waals surface area contributed by atoms with Gasteiger partial charge in [-0.1, -0.05) is 0 Å². The van der Waals surface area contributed by atoms with Gasteiger partial charge < -0.3 is 15.0 Å². The molecule has 1 aromatic heterocycles. The van der Waals surface area contributed by atoms with E-state index in [9.17, 15) is 0 Å². The molecule has 21 heavy (non-hydrogen) atoms. The normalized spacial score (nSPS) is 32.2. The van der Waals surface area contributed by atoms with Crippen molar-refractivity contribution in [2.45, 2.75) is 31.4 Å². The molecule has 0 bridgehead atoms. The van der Waals surface area contributed by atoms with Crippen molar-refractivity contribution in [2.75, 3.05) is 41.4 Å². The number of hydrogen-bond donors (Lipinski definition) is 1. The van der Waals surface area contributed by atoms with E-state index in [4.69, 9.17) is 4.74 Å². The summed E-state index contributed by atoms with van der Waals surface area (Å²) in [6, 6.07) is 2.63. The van der Waals surface area contributed by atoms with E-state index in [0.29, 0.717) is 18.1 Å². The number of nitrogens with one attached hydrogen (secondary N) is 1. The van der Waals surface area contributed by atoms with E-state index in [1.54, 1.807) is 6.33 Å². The fourth-order valence-electron chi connectivity index (χ4n) is 3.54. The van der Waals surface area contributed by atoms with Crippen LogP contribution in [0.5, 0.6) is 0 Å². The molecular formula is C15H22N4OS. The SMILES string of the molecule is c1nc(N[C@@H]2C[C@@H]3OCCC[C@@H]32)cc(N2CCSCC2)n1. The Labute approximate surface area is 129 Å². The van der Waals surface area contributed by atoms with Gasteiger partial charge in [-0.25, -0.2) is 9.97 Å². The first-order valence-electron chi connectivity index (χ1n) is 7.93. The zero-order valence-corrected chi connectivity index (χ0v) is 13.0. The minimum absolute atomic E-state index is 0.483. The smallest absolute Gasteiger partial charge is 0.134 e. The topological polar surface area (TPSA) is 50.3 Å². The standard InChI is InChI=1S/C15H22N4OS/c1-2-11-12(8-13(11)20-5-1)18-14-9-15(17-10-16-14)19-3-6-21-7-4-19/h9-13H,1-8H2,(H,16,17,18)/t11-,12-,13+/m1/s1. The monoisotopic (exact) mass is 306 g/mol. The van der Waals surface area contributed by atoms with Crippen LogP contribution in [0.25, 0.3) is 0 Å². The van der Waals surface area contributed by atoms with E-state index in [-0.39, 0.29) is 0 Å². The highest BCUT2D eigenvalue weighted by Crippen LogP contribution is 2.39. The fraction of sp³-hybridized carbons (Fsp3) is 0.733. The van der Waals surface area contributed by atoms with Crippen LogP contribution in [0.2, 0.25) is 0 Å². The molecule has 0 spiro atoms. The Bertz CT molecular complexity index is 494. The summed E-state index contributed by atoms with van der Waals surface area (Å²) in [4.78, 5) is 11.2. The summed E-state index contributed by atoms with van der Waals surface area (Å²) in [5, 5.41) is 3.59. The van der Waals surface area contributed by atoms with E-state index in [0.717, 1.165) is 37.8 Å². The molecule has 114 valence electrons. The predicted octanol–water partition coefficient (Wildman–Crippen LogP) is 2.01. The van der Waals surface area contributed by atoms with Gasteiger partial charge in [-0.15, -0.1) is 0 Å². The minimum atomic E-state index is 0.483. The van der Waals surface area contributed by atoms with Crippen LogP contribution in [0, 0.1) is 5.92 Å². The van der Waals surface area contributed by atoms with Crippen LogP contribution in [0.3, 0.4) is 0 Å². The molecule has 1 saturated carbocycles. The van der Waals surface area contributed by atoms with Crippen LogP contribution < -0.4 is 10.2 Å². The second-order valence-corrected chi connectivity index (χ2v) is 7.29. The summed E-state index contributed by atoms with van der Waals surface area (Å²) in [5.41, 5.74) is 0. The van der Waals surface area contributed by atoms with E-state index >= 15 is 0 Å². The number of aromatic nitrogens is 2. The van der Waals surface area contributed by atoms with Gasteiger partial charge in [-0.2, -0.15) is 11.8 Å². The molecule has 2 saturated heterocycles. The van der Waals surface area contributed by atoms with Crippen LogP contribution in [0.4, 0.5) is 11.6 Å². The van der Waals surface area contributed by atoms with Crippen molar-refractivity contribution >= 4 is 23.4 Å². The van der Waals surface area contributed by atoms with E-state index in [2.05, 4.69) is 26.3 Å². The number of anilines is 2. The Balaban J connectivity index is 1.41.